The van der Waals surface area contributed by atoms with Gasteiger partial charge in [0.1, 0.15) is 0 Å². The first-order valence-electron chi connectivity index (χ1n) is 23.5. The quantitative estimate of drug-likeness (QED) is 0.114. The predicted octanol–water partition coefficient (Wildman–Crippen LogP) is 10.8. The summed E-state index contributed by atoms with van der Waals surface area (Å²) in [6, 6.07) is 48.2. The molecule has 7 heteroatoms. The van der Waals surface area contributed by atoms with Crippen LogP contribution in [0.4, 0.5) is 0 Å². The molecule has 67 heavy (non-hydrogen) atoms. The molecule has 0 aliphatic carbocycles. The van der Waals surface area contributed by atoms with E-state index in [0.717, 1.165) is 59.6 Å². The van der Waals surface area contributed by atoms with Crippen molar-refractivity contribution in [2.75, 3.05) is 13.1 Å². The number of rotatable bonds is 13. The first-order chi connectivity index (χ1) is 31.0. The van der Waals surface area contributed by atoms with E-state index in [0.29, 0.717) is 13.1 Å². The molecule has 0 radical (unpaired) electrons. The molecule has 0 fully saturated rings. The molecule has 6 aromatic carbocycles. The maximum Gasteiger partial charge on any atom is 4.00 e. The maximum atomic E-state index is 14.1. The Hall–Kier alpha value is -4.36. The second kappa shape index (κ2) is 25.9. The Kier molecular flexibility index (Phi) is 22.0. The number of nitrogens with zero attached hydrogens (tertiary/aromatic N) is 2. The number of benzene rings is 6. The van der Waals surface area contributed by atoms with Crippen LogP contribution in [0.25, 0.3) is 0 Å². The molecule has 6 rings (SSSR count). The van der Waals surface area contributed by atoms with Gasteiger partial charge in [-0.3, -0.25) is 9.80 Å². The van der Waals surface area contributed by atoms with Gasteiger partial charge in [-0.05, 0) is 66.2 Å². The summed E-state index contributed by atoms with van der Waals surface area (Å²) in [5.74, 6) is 0.295. The molecule has 0 aliphatic heterocycles. The molecule has 0 aliphatic rings. The first-order valence-corrected chi connectivity index (χ1v) is 23.5. The molecule has 0 unspecified atom stereocenters. The van der Waals surface area contributed by atoms with Crippen molar-refractivity contribution in [2.24, 2.45) is 0 Å². The van der Waals surface area contributed by atoms with E-state index in [1.807, 2.05) is 72.8 Å². The summed E-state index contributed by atoms with van der Waals surface area (Å²) in [4.78, 5) is 4.82. The summed E-state index contributed by atoms with van der Waals surface area (Å²) in [7, 11) is 0. The Labute approximate surface area is 423 Å². The van der Waals surface area contributed by atoms with Crippen LogP contribution in [0.2, 0.25) is 0 Å². The van der Waals surface area contributed by atoms with Crippen molar-refractivity contribution >= 4 is 0 Å². The average molecular weight is 981 g/mol. The molecule has 6 nitrogen and oxygen atoms in total. The van der Waals surface area contributed by atoms with Crippen molar-refractivity contribution in [2.45, 2.75) is 144 Å². The molecule has 6 aromatic rings. The second-order valence-electron chi connectivity index (χ2n) is 21.7. The minimum absolute atomic E-state index is 0. The van der Waals surface area contributed by atoms with Crippen molar-refractivity contribution in [1.29, 1.82) is 0 Å². The van der Waals surface area contributed by atoms with Crippen LogP contribution in [0, 0.1) is 0 Å². The van der Waals surface area contributed by atoms with Gasteiger partial charge < -0.3 is 20.4 Å². The SMILES string of the molecule is CC(C)(C)c1cc(CN(CCN(Cc2ccccc2)Cc2cc(C(C)(C)C)cc(C(C)(C)C)c2[O-])Cc2ccccc2)c([O-])c(C(C)(C)C)c1.[O-]Cc1ccccc1.[O-]Cc1ccccc1.[Zr+4]. The molecular formula is C60H76N2O4Zr. The molecule has 0 heterocycles. The Morgan fingerprint density at radius 3 is 0.851 bits per heavy atom. The zero-order valence-corrected chi connectivity index (χ0v) is 45.0. The molecule has 0 bridgehead atoms. The Balaban J connectivity index is 0.000000585. The fourth-order valence-electron chi connectivity index (χ4n) is 7.62. The Morgan fingerprint density at radius 2 is 0.627 bits per heavy atom. The zero-order valence-electron chi connectivity index (χ0n) is 42.5. The minimum atomic E-state index is -0.257. The van der Waals surface area contributed by atoms with E-state index in [2.05, 4.69) is 166 Å². The predicted molar refractivity (Wildman–Crippen MR) is 268 cm³/mol. The van der Waals surface area contributed by atoms with Crippen molar-refractivity contribution in [3.8, 4) is 11.5 Å². The van der Waals surface area contributed by atoms with Gasteiger partial charge in [0.05, 0.1) is 0 Å². The fourth-order valence-corrected chi connectivity index (χ4v) is 7.62. The molecule has 0 spiro atoms. The van der Waals surface area contributed by atoms with Crippen LogP contribution < -0.4 is 20.4 Å². The van der Waals surface area contributed by atoms with Crippen LogP contribution in [0.3, 0.4) is 0 Å². The molecular weight excluding hydrogens is 904 g/mol. The van der Waals surface area contributed by atoms with Gasteiger partial charge in [0, 0.05) is 39.3 Å². The number of hydrogen-bond donors (Lipinski definition) is 0. The normalized spacial score (nSPS) is 11.9. The van der Waals surface area contributed by atoms with Crippen LogP contribution in [-0.4, -0.2) is 22.9 Å². The van der Waals surface area contributed by atoms with Crippen LogP contribution in [0.5, 0.6) is 11.5 Å². The van der Waals surface area contributed by atoms with Crippen molar-refractivity contribution in [3.05, 3.63) is 201 Å². The molecule has 0 amide bonds. The largest absolute Gasteiger partial charge is 4.00 e. The minimum Gasteiger partial charge on any atom is -0.872 e. The summed E-state index contributed by atoms with van der Waals surface area (Å²) < 4.78 is 0. The van der Waals surface area contributed by atoms with Gasteiger partial charge >= 0.3 is 26.2 Å². The van der Waals surface area contributed by atoms with Gasteiger partial charge in [-0.25, -0.2) is 0 Å². The van der Waals surface area contributed by atoms with Gasteiger partial charge in [-0.2, -0.15) is 0 Å². The monoisotopic (exact) mass is 978 g/mol. The summed E-state index contributed by atoms with van der Waals surface area (Å²) in [6.45, 7) is 29.9. The fraction of sp³-hybridized carbons (Fsp3) is 0.400. The molecule has 0 saturated carbocycles. The summed E-state index contributed by atoms with van der Waals surface area (Å²) >= 11 is 0. The van der Waals surface area contributed by atoms with E-state index in [4.69, 9.17) is 0 Å². The molecule has 354 valence electrons. The standard InChI is InChI=1S/C46H64N2O2.2C7H7O.Zr/c1-43(2,3)37-25-35(41(49)39(27-37)45(7,8)9)31-47(29-33-19-15-13-16-20-33)23-24-48(30-34-21-17-14-18-22-34)32-36-26-38(44(4,5)6)28-40(42(36)50)46(10,11)12;2*8-6-7-4-2-1-3-5-7;/h13-22,25-28,49-50H,23-24,29-32H2,1-12H3;2*1-5H,6H2;/q;2*-1;+4/p-2. The van der Waals surface area contributed by atoms with Crippen LogP contribution in [0.1, 0.15) is 139 Å². The second-order valence-corrected chi connectivity index (χ2v) is 21.7. The van der Waals surface area contributed by atoms with E-state index in [1.165, 1.54) is 22.3 Å². The molecule has 0 saturated heterocycles. The van der Waals surface area contributed by atoms with E-state index in [9.17, 15) is 20.4 Å². The van der Waals surface area contributed by atoms with E-state index in [1.54, 1.807) is 0 Å². The zero-order chi connectivity index (χ0) is 48.7. The van der Waals surface area contributed by atoms with Crippen molar-refractivity contribution in [3.63, 3.8) is 0 Å². The Morgan fingerprint density at radius 1 is 0.358 bits per heavy atom. The van der Waals surface area contributed by atoms with E-state index in [-0.39, 0.29) is 72.6 Å². The molecule has 0 aromatic heterocycles. The summed E-state index contributed by atoms with van der Waals surface area (Å²) in [6.07, 6.45) is 0. The van der Waals surface area contributed by atoms with Gasteiger partial charge in [-0.1, -0.05) is 240 Å². The van der Waals surface area contributed by atoms with E-state index < -0.39 is 0 Å². The smallest absolute Gasteiger partial charge is 0.872 e. The van der Waals surface area contributed by atoms with Crippen LogP contribution >= 0.6 is 0 Å². The van der Waals surface area contributed by atoms with Crippen molar-refractivity contribution < 1.29 is 46.6 Å². The summed E-state index contributed by atoms with van der Waals surface area (Å²) in [5.41, 5.74) is 9.30. The first kappa shape index (κ1) is 57.0. The molecule has 0 N–H and O–H groups in total. The van der Waals surface area contributed by atoms with Gasteiger partial charge in [0.25, 0.3) is 0 Å². The van der Waals surface area contributed by atoms with E-state index >= 15 is 0 Å². The van der Waals surface area contributed by atoms with Crippen LogP contribution in [-0.2, 0) is 87.3 Å². The van der Waals surface area contributed by atoms with Gasteiger partial charge in [0.2, 0.25) is 0 Å². The van der Waals surface area contributed by atoms with Gasteiger partial charge in [-0.15, -0.1) is 24.7 Å². The summed E-state index contributed by atoms with van der Waals surface area (Å²) in [5, 5.41) is 48.5. The topological polar surface area (TPSA) is 98.7 Å². The average Bonchev–Trinajstić information content (AvgIpc) is 3.27. The molecule has 0 atom stereocenters. The third-order valence-electron chi connectivity index (χ3n) is 11.7. The number of hydrogen-bond acceptors (Lipinski definition) is 6. The Bertz CT molecular complexity index is 2170. The van der Waals surface area contributed by atoms with Crippen molar-refractivity contribution in [1.82, 2.24) is 9.80 Å². The third kappa shape index (κ3) is 18.6. The van der Waals surface area contributed by atoms with Gasteiger partial charge in [0.15, 0.2) is 0 Å². The van der Waals surface area contributed by atoms with Crippen LogP contribution in [0.15, 0.2) is 146 Å². The maximum absolute atomic E-state index is 14.1. The third-order valence-corrected chi connectivity index (χ3v) is 11.7.